The first kappa shape index (κ1) is 17.8. The molecule has 1 N–H and O–H groups in total. The van der Waals surface area contributed by atoms with Crippen molar-refractivity contribution in [1.29, 1.82) is 0 Å². The maximum absolute atomic E-state index is 12.5. The van der Waals surface area contributed by atoms with E-state index in [2.05, 4.69) is 9.69 Å². The van der Waals surface area contributed by atoms with Gasteiger partial charge in [-0.3, -0.25) is 4.79 Å². The Balaban J connectivity index is 1.84. The third kappa shape index (κ3) is 3.15. The normalized spacial score (nSPS) is 15.8. The van der Waals surface area contributed by atoms with Crippen molar-refractivity contribution in [1.82, 2.24) is 4.37 Å². The van der Waals surface area contributed by atoms with Gasteiger partial charge in [0.05, 0.1) is 24.8 Å². The maximum Gasteiger partial charge on any atom is 0.225 e. The van der Waals surface area contributed by atoms with Gasteiger partial charge in [-0.05, 0) is 29.7 Å². The van der Waals surface area contributed by atoms with Crippen LogP contribution in [0.15, 0.2) is 42.5 Å². The number of anilines is 1. The number of hydrogen-bond acceptors (Lipinski definition) is 5. The van der Waals surface area contributed by atoms with Gasteiger partial charge in [-0.25, -0.2) is 0 Å². The second kappa shape index (κ2) is 7.21. The fraction of sp³-hybridized carbons (Fsp3) is 0.200. The lowest BCUT2D eigenvalue weighted by molar-refractivity contribution is -0.116. The monoisotopic (exact) mass is 400 g/mol. The van der Waals surface area contributed by atoms with E-state index in [0.717, 1.165) is 27.4 Å². The number of nitrogens with one attached hydrogen (secondary N) is 1. The molecule has 7 heteroatoms. The summed E-state index contributed by atoms with van der Waals surface area (Å²) in [7, 11) is 3.21. The molecule has 3 aromatic rings. The molecule has 0 spiro atoms. The SMILES string of the molecule is COc1cccc([C@H]2CC(=O)Nc3c(-c4ccc(Cl)cc4)nsc32)c1OC. The molecule has 0 saturated carbocycles. The molecule has 0 aliphatic carbocycles. The van der Waals surface area contributed by atoms with Crippen LogP contribution >= 0.6 is 23.1 Å². The highest BCUT2D eigenvalue weighted by Gasteiger charge is 2.33. The summed E-state index contributed by atoms with van der Waals surface area (Å²) in [6.45, 7) is 0. The van der Waals surface area contributed by atoms with E-state index in [1.54, 1.807) is 14.2 Å². The molecule has 1 aromatic heterocycles. The fourth-order valence-electron chi connectivity index (χ4n) is 3.37. The smallest absolute Gasteiger partial charge is 0.225 e. The molecule has 5 nitrogen and oxygen atoms in total. The zero-order valence-electron chi connectivity index (χ0n) is 14.8. The van der Waals surface area contributed by atoms with Crippen molar-refractivity contribution < 1.29 is 14.3 Å². The number of benzene rings is 2. The lowest BCUT2D eigenvalue weighted by Gasteiger charge is -2.25. The molecule has 1 aliphatic rings. The van der Waals surface area contributed by atoms with Gasteiger partial charge in [0.2, 0.25) is 5.91 Å². The second-order valence-electron chi connectivity index (χ2n) is 6.16. The molecule has 1 amide bonds. The number of para-hydroxylation sites is 1. The van der Waals surface area contributed by atoms with Crippen LogP contribution in [0.4, 0.5) is 5.69 Å². The summed E-state index contributed by atoms with van der Waals surface area (Å²) >= 11 is 7.39. The Labute approximate surface area is 166 Å². The highest BCUT2D eigenvalue weighted by atomic mass is 35.5. The number of ether oxygens (including phenoxy) is 2. The summed E-state index contributed by atoms with van der Waals surface area (Å²) in [5, 5.41) is 3.65. The molecule has 138 valence electrons. The van der Waals surface area contributed by atoms with E-state index in [1.807, 2.05) is 42.5 Å². The van der Waals surface area contributed by atoms with Crippen LogP contribution in [0.25, 0.3) is 11.3 Å². The Morgan fingerprint density at radius 1 is 1.15 bits per heavy atom. The molecule has 1 aliphatic heterocycles. The highest BCUT2D eigenvalue weighted by Crippen LogP contribution is 2.48. The Morgan fingerprint density at radius 2 is 1.93 bits per heavy atom. The highest BCUT2D eigenvalue weighted by molar-refractivity contribution is 7.07. The van der Waals surface area contributed by atoms with Crippen LogP contribution in [0.3, 0.4) is 0 Å². The first-order valence-corrected chi connectivity index (χ1v) is 9.53. The molecule has 0 radical (unpaired) electrons. The number of carbonyl (C=O) groups is 1. The van der Waals surface area contributed by atoms with Crippen molar-refractivity contribution in [2.45, 2.75) is 12.3 Å². The Morgan fingerprint density at radius 3 is 2.63 bits per heavy atom. The van der Waals surface area contributed by atoms with Gasteiger partial charge in [-0.1, -0.05) is 35.9 Å². The van der Waals surface area contributed by atoms with Crippen molar-refractivity contribution in [3.63, 3.8) is 0 Å². The Bertz CT molecular complexity index is 1000. The summed E-state index contributed by atoms with van der Waals surface area (Å²) < 4.78 is 15.6. The van der Waals surface area contributed by atoms with Crippen LogP contribution in [-0.2, 0) is 4.79 Å². The molecule has 2 heterocycles. The van der Waals surface area contributed by atoms with E-state index in [9.17, 15) is 4.79 Å². The third-order valence-electron chi connectivity index (χ3n) is 4.62. The predicted octanol–water partition coefficient (Wildman–Crippen LogP) is 4.95. The van der Waals surface area contributed by atoms with Gasteiger partial charge >= 0.3 is 0 Å². The van der Waals surface area contributed by atoms with Crippen molar-refractivity contribution >= 4 is 34.7 Å². The molecular weight excluding hydrogens is 384 g/mol. The van der Waals surface area contributed by atoms with E-state index in [4.69, 9.17) is 21.1 Å². The van der Waals surface area contributed by atoms with Crippen LogP contribution < -0.4 is 14.8 Å². The first-order chi connectivity index (χ1) is 13.1. The van der Waals surface area contributed by atoms with E-state index < -0.39 is 0 Å². The van der Waals surface area contributed by atoms with Crippen LogP contribution in [-0.4, -0.2) is 24.5 Å². The van der Waals surface area contributed by atoms with Gasteiger partial charge < -0.3 is 14.8 Å². The number of halogens is 1. The van der Waals surface area contributed by atoms with E-state index >= 15 is 0 Å². The average Bonchev–Trinajstić information content (AvgIpc) is 3.11. The average molecular weight is 401 g/mol. The first-order valence-electron chi connectivity index (χ1n) is 8.38. The van der Waals surface area contributed by atoms with Crippen LogP contribution in [0.2, 0.25) is 5.02 Å². The van der Waals surface area contributed by atoms with Crippen LogP contribution in [0, 0.1) is 0 Å². The summed E-state index contributed by atoms with van der Waals surface area (Å²) in [6, 6.07) is 13.2. The number of rotatable bonds is 4. The van der Waals surface area contributed by atoms with Crippen LogP contribution in [0.1, 0.15) is 22.8 Å². The molecule has 27 heavy (non-hydrogen) atoms. The van der Waals surface area contributed by atoms with Crippen molar-refractivity contribution in [2.24, 2.45) is 0 Å². The van der Waals surface area contributed by atoms with E-state index in [-0.39, 0.29) is 11.8 Å². The quantitative estimate of drug-likeness (QED) is 0.672. The zero-order chi connectivity index (χ0) is 19.0. The summed E-state index contributed by atoms with van der Waals surface area (Å²) in [5.41, 5.74) is 3.34. The van der Waals surface area contributed by atoms with E-state index in [0.29, 0.717) is 22.9 Å². The maximum atomic E-state index is 12.5. The number of hydrogen-bond donors (Lipinski definition) is 1. The van der Waals surface area contributed by atoms with Crippen LogP contribution in [0.5, 0.6) is 11.5 Å². The minimum atomic E-state index is -0.141. The number of amides is 1. The molecule has 2 aromatic carbocycles. The van der Waals surface area contributed by atoms with Gasteiger partial charge in [0.1, 0.15) is 5.69 Å². The standard InChI is InChI=1S/C20H17ClN2O3S/c1-25-15-5-3-4-13(19(15)26-2)14-10-16(24)22-18-17(23-27-20(14)18)11-6-8-12(21)9-7-11/h3-9,14H,10H2,1-2H3,(H,22,24)/t14-/m1/s1. The summed E-state index contributed by atoms with van der Waals surface area (Å²) in [5.74, 6) is 1.10. The van der Waals surface area contributed by atoms with Crippen molar-refractivity contribution in [3.05, 3.63) is 57.9 Å². The summed E-state index contributed by atoms with van der Waals surface area (Å²) in [6.07, 6.45) is 0.332. The van der Waals surface area contributed by atoms with Crippen molar-refractivity contribution in [2.75, 3.05) is 19.5 Å². The lowest BCUT2D eigenvalue weighted by atomic mass is 9.88. The largest absolute Gasteiger partial charge is 0.493 e. The topological polar surface area (TPSA) is 60.5 Å². The zero-order valence-corrected chi connectivity index (χ0v) is 16.4. The van der Waals surface area contributed by atoms with Gasteiger partial charge in [0.15, 0.2) is 11.5 Å². The minimum Gasteiger partial charge on any atom is -0.493 e. The lowest BCUT2D eigenvalue weighted by Crippen LogP contribution is -2.22. The Hall–Kier alpha value is -2.57. The molecule has 0 unspecified atom stereocenters. The fourth-order valence-corrected chi connectivity index (χ4v) is 4.46. The molecule has 0 saturated heterocycles. The summed E-state index contributed by atoms with van der Waals surface area (Å²) in [4.78, 5) is 13.5. The molecule has 4 rings (SSSR count). The number of fused-ring (bicyclic) bond motifs is 1. The van der Waals surface area contributed by atoms with E-state index in [1.165, 1.54) is 11.5 Å². The van der Waals surface area contributed by atoms with Gasteiger partial charge in [0.25, 0.3) is 0 Å². The van der Waals surface area contributed by atoms with Gasteiger partial charge in [-0.2, -0.15) is 4.37 Å². The van der Waals surface area contributed by atoms with Gasteiger partial charge in [-0.15, -0.1) is 0 Å². The molecule has 0 bridgehead atoms. The second-order valence-corrected chi connectivity index (χ2v) is 7.41. The van der Waals surface area contributed by atoms with Crippen molar-refractivity contribution in [3.8, 4) is 22.8 Å². The Kier molecular flexibility index (Phi) is 4.76. The number of methoxy groups -OCH3 is 2. The number of aromatic nitrogens is 1. The number of carbonyl (C=O) groups excluding carboxylic acids is 1. The molecule has 1 atom stereocenters. The minimum absolute atomic E-state index is 0.0483. The third-order valence-corrected chi connectivity index (χ3v) is 5.83. The van der Waals surface area contributed by atoms with Gasteiger partial charge in [0, 0.05) is 28.5 Å². The molecular formula is C20H17ClN2O3S. The number of nitrogens with zero attached hydrogens (tertiary/aromatic N) is 1. The predicted molar refractivity (Wildman–Crippen MR) is 107 cm³/mol. The molecule has 0 fully saturated rings.